The standard InChI is InChI=1S/C19H24N4OS2/c1-13-9-17(14(2)23(13)11-16-6-4-8-25-16)18-12-26-19(22-21-18)20-10-15-5-3-7-24-15/h4,6,8-9,15H,3,5,7,10-12H2,1-2H3,(H,20,22)/t15-/m1/s1. The molecule has 0 aromatic carbocycles. The second-order valence-corrected chi connectivity index (χ2v) is 8.69. The molecule has 1 fully saturated rings. The van der Waals surface area contributed by atoms with Crippen molar-refractivity contribution in [2.75, 3.05) is 18.9 Å². The van der Waals surface area contributed by atoms with E-state index in [4.69, 9.17) is 4.74 Å². The van der Waals surface area contributed by atoms with Crippen LogP contribution in [-0.4, -0.2) is 40.5 Å². The molecule has 0 radical (unpaired) electrons. The number of aliphatic imine (C=N–C) groups is 1. The van der Waals surface area contributed by atoms with Crippen LogP contribution in [0.15, 0.2) is 33.7 Å². The van der Waals surface area contributed by atoms with Gasteiger partial charge in [0, 0.05) is 34.2 Å². The maximum atomic E-state index is 5.63. The van der Waals surface area contributed by atoms with Gasteiger partial charge in [0.1, 0.15) is 0 Å². The van der Waals surface area contributed by atoms with Gasteiger partial charge in [0.25, 0.3) is 0 Å². The Hall–Kier alpha value is -1.57. The summed E-state index contributed by atoms with van der Waals surface area (Å²) in [7, 11) is 0. The molecule has 2 aliphatic rings. The van der Waals surface area contributed by atoms with Crippen LogP contribution in [0.25, 0.3) is 0 Å². The highest BCUT2D eigenvalue weighted by Gasteiger charge is 2.20. The molecule has 2 aliphatic heterocycles. The second-order valence-electron chi connectivity index (χ2n) is 6.69. The lowest BCUT2D eigenvalue weighted by molar-refractivity contribution is 0.118. The van der Waals surface area contributed by atoms with Crippen molar-refractivity contribution in [2.24, 2.45) is 10.1 Å². The summed E-state index contributed by atoms with van der Waals surface area (Å²) in [5.74, 6) is 0.848. The van der Waals surface area contributed by atoms with Crippen LogP contribution in [0.1, 0.15) is 34.7 Å². The van der Waals surface area contributed by atoms with Crippen LogP contribution in [0.5, 0.6) is 0 Å². The third-order valence-corrected chi connectivity index (χ3v) is 6.65. The Labute approximate surface area is 162 Å². The SMILES string of the molecule is Cc1cc(C2=NNC(=NC[C@H]3CCCO3)SC2)c(C)n1Cc1cccs1. The van der Waals surface area contributed by atoms with E-state index in [9.17, 15) is 0 Å². The van der Waals surface area contributed by atoms with E-state index in [1.54, 1.807) is 23.1 Å². The van der Waals surface area contributed by atoms with Crippen LogP contribution >= 0.6 is 23.1 Å². The lowest BCUT2D eigenvalue weighted by Gasteiger charge is -2.16. The number of aromatic nitrogens is 1. The highest BCUT2D eigenvalue weighted by atomic mass is 32.2. The molecule has 4 rings (SSSR count). The van der Waals surface area contributed by atoms with Crippen molar-refractivity contribution < 1.29 is 4.74 Å². The number of hydrogen-bond donors (Lipinski definition) is 1. The average molecular weight is 389 g/mol. The molecular formula is C19H24N4OS2. The number of nitrogens with one attached hydrogen (secondary N) is 1. The highest BCUT2D eigenvalue weighted by Crippen LogP contribution is 2.23. The van der Waals surface area contributed by atoms with Crippen LogP contribution in [0.2, 0.25) is 0 Å². The van der Waals surface area contributed by atoms with Gasteiger partial charge in [0.2, 0.25) is 0 Å². The van der Waals surface area contributed by atoms with E-state index >= 15 is 0 Å². The summed E-state index contributed by atoms with van der Waals surface area (Å²) >= 11 is 3.53. The number of aryl methyl sites for hydroxylation is 1. The Kier molecular flexibility index (Phi) is 5.47. The molecule has 7 heteroatoms. The predicted molar refractivity (Wildman–Crippen MR) is 111 cm³/mol. The van der Waals surface area contributed by atoms with Crippen molar-refractivity contribution in [1.82, 2.24) is 9.99 Å². The summed E-state index contributed by atoms with van der Waals surface area (Å²) in [6.07, 6.45) is 2.55. The fourth-order valence-corrected chi connectivity index (χ4v) is 4.87. The zero-order chi connectivity index (χ0) is 17.9. The van der Waals surface area contributed by atoms with E-state index in [0.29, 0.717) is 0 Å². The van der Waals surface area contributed by atoms with E-state index in [-0.39, 0.29) is 6.10 Å². The van der Waals surface area contributed by atoms with E-state index in [1.807, 2.05) is 0 Å². The Morgan fingerprint density at radius 1 is 1.42 bits per heavy atom. The summed E-state index contributed by atoms with van der Waals surface area (Å²) in [6, 6.07) is 6.55. The van der Waals surface area contributed by atoms with Crippen LogP contribution in [0.4, 0.5) is 0 Å². The largest absolute Gasteiger partial charge is 0.376 e. The third kappa shape index (κ3) is 3.89. The molecular weight excluding hydrogens is 364 g/mol. The van der Waals surface area contributed by atoms with Gasteiger partial charge in [-0.3, -0.25) is 10.4 Å². The first-order chi connectivity index (χ1) is 12.7. The average Bonchev–Trinajstić information content (AvgIpc) is 3.40. The van der Waals surface area contributed by atoms with Gasteiger partial charge in [-0.15, -0.1) is 11.3 Å². The number of rotatable bonds is 5. The molecule has 5 nitrogen and oxygen atoms in total. The minimum Gasteiger partial charge on any atom is -0.376 e. The number of hydrogen-bond acceptors (Lipinski definition) is 5. The minimum absolute atomic E-state index is 0.284. The molecule has 0 spiro atoms. The summed E-state index contributed by atoms with van der Waals surface area (Å²) in [5, 5.41) is 7.63. The number of nitrogens with zero attached hydrogens (tertiary/aromatic N) is 3. The first kappa shape index (κ1) is 17.8. The van der Waals surface area contributed by atoms with Crippen molar-refractivity contribution in [2.45, 2.75) is 39.3 Å². The van der Waals surface area contributed by atoms with E-state index in [0.717, 1.165) is 49.2 Å². The molecule has 4 heterocycles. The smallest absolute Gasteiger partial charge is 0.177 e. The van der Waals surface area contributed by atoms with Crippen molar-refractivity contribution in [3.63, 3.8) is 0 Å². The van der Waals surface area contributed by atoms with Gasteiger partial charge >= 0.3 is 0 Å². The maximum Gasteiger partial charge on any atom is 0.177 e. The van der Waals surface area contributed by atoms with Crippen LogP contribution < -0.4 is 5.43 Å². The lowest BCUT2D eigenvalue weighted by atomic mass is 10.1. The molecule has 0 unspecified atom stereocenters. The van der Waals surface area contributed by atoms with Crippen LogP contribution in [0.3, 0.4) is 0 Å². The molecule has 1 saturated heterocycles. The fourth-order valence-electron chi connectivity index (χ4n) is 3.40. The third-order valence-electron chi connectivity index (χ3n) is 4.87. The molecule has 1 N–H and O–H groups in total. The van der Waals surface area contributed by atoms with Crippen molar-refractivity contribution >= 4 is 34.0 Å². The monoisotopic (exact) mass is 388 g/mol. The summed E-state index contributed by atoms with van der Waals surface area (Å²) < 4.78 is 8.00. The topological polar surface area (TPSA) is 50.9 Å². The molecule has 138 valence electrons. The summed E-state index contributed by atoms with van der Waals surface area (Å²) in [5.41, 5.74) is 8.01. The quantitative estimate of drug-likeness (QED) is 0.848. The number of thioether (sulfide) groups is 1. The molecule has 26 heavy (non-hydrogen) atoms. The van der Waals surface area contributed by atoms with Gasteiger partial charge in [-0.2, -0.15) is 5.10 Å². The zero-order valence-corrected chi connectivity index (χ0v) is 16.8. The Balaban J connectivity index is 1.45. The number of thiophene rings is 1. The first-order valence-corrected chi connectivity index (χ1v) is 10.9. The van der Waals surface area contributed by atoms with E-state index in [1.165, 1.54) is 21.8 Å². The number of amidine groups is 1. The van der Waals surface area contributed by atoms with Crippen molar-refractivity contribution in [3.05, 3.63) is 45.4 Å². The highest BCUT2D eigenvalue weighted by molar-refractivity contribution is 8.14. The number of hydrazone groups is 1. The van der Waals surface area contributed by atoms with E-state index in [2.05, 4.69) is 57.5 Å². The molecule has 2 aromatic rings. The van der Waals surface area contributed by atoms with Crippen LogP contribution in [0, 0.1) is 13.8 Å². The first-order valence-electron chi connectivity index (χ1n) is 9.01. The van der Waals surface area contributed by atoms with Gasteiger partial charge in [-0.05, 0) is 44.2 Å². The van der Waals surface area contributed by atoms with Gasteiger partial charge < -0.3 is 9.30 Å². The normalized spacial score (nSPS) is 21.8. The van der Waals surface area contributed by atoms with Gasteiger partial charge in [-0.1, -0.05) is 17.8 Å². The summed E-state index contributed by atoms with van der Waals surface area (Å²) in [4.78, 5) is 6.00. The second kappa shape index (κ2) is 7.98. The molecule has 0 bridgehead atoms. The maximum absolute atomic E-state index is 5.63. The molecule has 1 atom stereocenters. The Morgan fingerprint density at radius 2 is 2.35 bits per heavy atom. The molecule has 0 amide bonds. The number of ether oxygens (including phenoxy) is 1. The lowest BCUT2D eigenvalue weighted by Crippen LogP contribution is -2.26. The Bertz CT molecular complexity index is 817. The van der Waals surface area contributed by atoms with Crippen LogP contribution in [-0.2, 0) is 11.3 Å². The molecule has 0 saturated carbocycles. The fraction of sp³-hybridized carbons (Fsp3) is 0.474. The summed E-state index contributed by atoms with van der Waals surface area (Å²) in [6.45, 7) is 6.89. The zero-order valence-electron chi connectivity index (χ0n) is 15.2. The van der Waals surface area contributed by atoms with Gasteiger partial charge in [0.15, 0.2) is 5.17 Å². The molecule has 0 aliphatic carbocycles. The van der Waals surface area contributed by atoms with E-state index < -0.39 is 0 Å². The Morgan fingerprint density at radius 3 is 3.04 bits per heavy atom. The molecule has 2 aromatic heterocycles. The van der Waals surface area contributed by atoms with Gasteiger partial charge in [0.05, 0.1) is 24.9 Å². The van der Waals surface area contributed by atoms with Crippen molar-refractivity contribution in [3.8, 4) is 0 Å². The minimum atomic E-state index is 0.284. The van der Waals surface area contributed by atoms with Crippen molar-refractivity contribution in [1.29, 1.82) is 0 Å². The van der Waals surface area contributed by atoms with Gasteiger partial charge in [-0.25, -0.2) is 0 Å². The predicted octanol–water partition coefficient (Wildman–Crippen LogP) is 3.79.